The van der Waals surface area contributed by atoms with Crippen LogP contribution in [0.3, 0.4) is 0 Å². The molecule has 6 nitrogen and oxygen atoms in total. The third kappa shape index (κ3) is 7.58. The minimum atomic E-state index is -1.04. The summed E-state index contributed by atoms with van der Waals surface area (Å²) in [6, 6.07) is 17.6. The maximum absolute atomic E-state index is 12.7. The van der Waals surface area contributed by atoms with Crippen molar-refractivity contribution in [1.29, 1.82) is 0 Å². The van der Waals surface area contributed by atoms with Crippen LogP contribution < -0.4 is 5.73 Å². The Kier molecular flexibility index (Phi) is 10.7. The molecule has 0 spiro atoms. The zero-order chi connectivity index (χ0) is 19.5. The van der Waals surface area contributed by atoms with E-state index in [1.165, 1.54) is 4.90 Å². The maximum atomic E-state index is 12.7. The van der Waals surface area contributed by atoms with E-state index in [1.54, 1.807) is 0 Å². The molecule has 0 aromatic heterocycles. The van der Waals surface area contributed by atoms with E-state index < -0.39 is 18.1 Å². The molecule has 1 amide bonds. The number of unbranched alkanes of at least 4 members (excludes halogenated alkanes) is 1. The van der Waals surface area contributed by atoms with Crippen molar-refractivity contribution in [3.8, 4) is 0 Å². The van der Waals surface area contributed by atoms with Crippen LogP contribution in [0.4, 0.5) is 4.79 Å². The highest BCUT2D eigenvalue weighted by molar-refractivity contribution is 5.85. The lowest BCUT2D eigenvalue weighted by atomic mass is 10.1. The Morgan fingerprint density at radius 2 is 1.54 bits per heavy atom. The molecule has 2 rings (SSSR count). The fourth-order valence-electron chi connectivity index (χ4n) is 2.78. The summed E-state index contributed by atoms with van der Waals surface area (Å²) < 4.78 is 5.40. The predicted molar refractivity (Wildman–Crippen MR) is 110 cm³/mol. The van der Waals surface area contributed by atoms with E-state index in [0.29, 0.717) is 25.8 Å². The van der Waals surface area contributed by atoms with Crippen LogP contribution >= 0.6 is 12.4 Å². The topological polar surface area (TPSA) is 92.9 Å². The van der Waals surface area contributed by atoms with Gasteiger partial charge in [-0.3, -0.25) is 4.90 Å². The average Bonchev–Trinajstić information content (AvgIpc) is 2.69. The SMILES string of the molecule is Cl.NCCCC[C@@H](C(=O)O)N(Cc1ccccc1)C(=O)OCc1ccccc1. The van der Waals surface area contributed by atoms with Crippen molar-refractivity contribution in [2.45, 2.75) is 38.5 Å². The molecule has 0 radical (unpaired) electrons. The van der Waals surface area contributed by atoms with Gasteiger partial charge in [-0.25, -0.2) is 9.59 Å². The smallest absolute Gasteiger partial charge is 0.411 e. The molecule has 0 fully saturated rings. The molecule has 0 heterocycles. The van der Waals surface area contributed by atoms with Gasteiger partial charge in [0, 0.05) is 6.54 Å². The number of carboxylic acid groups (broad SMARTS) is 1. The van der Waals surface area contributed by atoms with Gasteiger partial charge < -0.3 is 15.6 Å². The maximum Gasteiger partial charge on any atom is 0.411 e. The van der Waals surface area contributed by atoms with Crippen LogP contribution in [0.25, 0.3) is 0 Å². The van der Waals surface area contributed by atoms with Gasteiger partial charge in [-0.1, -0.05) is 60.7 Å². The second-order valence-electron chi connectivity index (χ2n) is 6.29. The Hall–Kier alpha value is -2.57. The summed E-state index contributed by atoms with van der Waals surface area (Å²) in [5.74, 6) is -1.04. The van der Waals surface area contributed by atoms with Crippen LogP contribution in [-0.4, -0.2) is 34.7 Å². The van der Waals surface area contributed by atoms with E-state index >= 15 is 0 Å². The van der Waals surface area contributed by atoms with Crippen molar-refractivity contribution in [3.63, 3.8) is 0 Å². The Morgan fingerprint density at radius 3 is 2.07 bits per heavy atom. The highest BCUT2D eigenvalue weighted by atomic mass is 35.5. The van der Waals surface area contributed by atoms with Gasteiger partial charge in [-0.05, 0) is 36.9 Å². The first kappa shape index (κ1) is 23.5. The Balaban J connectivity index is 0.00000392. The van der Waals surface area contributed by atoms with Crippen molar-refractivity contribution in [1.82, 2.24) is 4.90 Å². The number of ether oxygens (including phenoxy) is 1. The van der Waals surface area contributed by atoms with Gasteiger partial charge in [0.2, 0.25) is 0 Å². The zero-order valence-corrected chi connectivity index (χ0v) is 16.5. The van der Waals surface area contributed by atoms with Crippen LogP contribution in [0, 0.1) is 0 Å². The van der Waals surface area contributed by atoms with E-state index in [0.717, 1.165) is 11.1 Å². The summed E-state index contributed by atoms with van der Waals surface area (Å²) in [7, 11) is 0. The molecule has 0 aliphatic heterocycles. The third-order valence-electron chi connectivity index (χ3n) is 4.23. The first-order valence-electron chi connectivity index (χ1n) is 9.06. The highest BCUT2D eigenvalue weighted by Crippen LogP contribution is 2.16. The fraction of sp³-hybridized carbons (Fsp3) is 0.333. The summed E-state index contributed by atoms with van der Waals surface area (Å²) in [4.78, 5) is 25.8. The minimum Gasteiger partial charge on any atom is -0.480 e. The summed E-state index contributed by atoms with van der Waals surface area (Å²) in [5.41, 5.74) is 7.20. The molecule has 0 saturated carbocycles. The molecule has 152 valence electrons. The molecule has 2 aromatic carbocycles. The van der Waals surface area contributed by atoms with Gasteiger partial charge in [0.25, 0.3) is 0 Å². The number of benzene rings is 2. The minimum absolute atomic E-state index is 0. The van der Waals surface area contributed by atoms with Gasteiger partial charge in [0.05, 0.1) is 0 Å². The number of halogens is 1. The molecule has 0 bridgehead atoms. The molecule has 3 N–H and O–H groups in total. The van der Waals surface area contributed by atoms with E-state index in [4.69, 9.17) is 10.5 Å². The van der Waals surface area contributed by atoms with Crippen LogP contribution in [0.2, 0.25) is 0 Å². The first-order chi connectivity index (χ1) is 13.1. The van der Waals surface area contributed by atoms with Crippen LogP contribution in [0.1, 0.15) is 30.4 Å². The number of amides is 1. The molecular weight excluding hydrogens is 380 g/mol. The van der Waals surface area contributed by atoms with E-state index in [9.17, 15) is 14.7 Å². The Morgan fingerprint density at radius 1 is 0.964 bits per heavy atom. The first-order valence-corrected chi connectivity index (χ1v) is 9.06. The van der Waals surface area contributed by atoms with E-state index in [2.05, 4.69) is 0 Å². The largest absolute Gasteiger partial charge is 0.480 e. The number of nitrogens with two attached hydrogens (primary N) is 1. The second kappa shape index (κ2) is 12.8. The van der Waals surface area contributed by atoms with Crippen molar-refractivity contribution < 1.29 is 19.4 Å². The number of carbonyl (C=O) groups excluding carboxylic acids is 1. The second-order valence-corrected chi connectivity index (χ2v) is 6.29. The standard InChI is InChI=1S/C21H26N2O4.ClH/c22-14-8-7-13-19(20(24)25)23(15-17-9-3-1-4-10-17)21(26)27-16-18-11-5-2-6-12-18;/h1-6,9-12,19H,7-8,13-16,22H2,(H,24,25);1H/t19-;/m0./s1. The van der Waals surface area contributed by atoms with Gasteiger partial charge in [0.15, 0.2) is 0 Å². The van der Waals surface area contributed by atoms with E-state index in [-0.39, 0.29) is 25.6 Å². The molecule has 28 heavy (non-hydrogen) atoms. The van der Waals surface area contributed by atoms with E-state index in [1.807, 2.05) is 60.7 Å². The molecular formula is C21H27ClN2O4. The Labute approximate surface area is 171 Å². The number of aliphatic carboxylic acids is 1. The van der Waals surface area contributed by atoms with Crippen LogP contribution in [0.15, 0.2) is 60.7 Å². The number of nitrogens with zero attached hydrogens (tertiary/aromatic N) is 1. The number of rotatable bonds is 10. The van der Waals surface area contributed by atoms with Gasteiger partial charge in [-0.2, -0.15) is 0 Å². The summed E-state index contributed by atoms with van der Waals surface area (Å²) in [5, 5.41) is 9.67. The normalized spacial score (nSPS) is 11.2. The van der Waals surface area contributed by atoms with Gasteiger partial charge >= 0.3 is 12.1 Å². The number of carbonyl (C=O) groups is 2. The van der Waals surface area contributed by atoms with Gasteiger partial charge in [-0.15, -0.1) is 12.4 Å². The molecule has 7 heteroatoms. The third-order valence-corrected chi connectivity index (χ3v) is 4.23. The highest BCUT2D eigenvalue weighted by Gasteiger charge is 2.30. The molecule has 2 aromatic rings. The van der Waals surface area contributed by atoms with Crippen LogP contribution in [0.5, 0.6) is 0 Å². The lowest BCUT2D eigenvalue weighted by Gasteiger charge is -2.28. The Bertz CT molecular complexity index is 713. The van der Waals surface area contributed by atoms with Crippen molar-refractivity contribution in [2.24, 2.45) is 5.73 Å². The molecule has 0 unspecified atom stereocenters. The lowest BCUT2D eigenvalue weighted by molar-refractivity contribution is -0.143. The molecule has 0 saturated heterocycles. The number of carboxylic acids is 1. The molecule has 0 aliphatic carbocycles. The predicted octanol–water partition coefficient (Wildman–Crippen LogP) is 3.83. The monoisotopic (exact) mass is 406 g/mol. The average molecular weight is 407 g/mol. The number of hydrogen-bond donors (Lipinski definition) is 2. The molecule has 1 atom stereocenters. The van der Waals surface area contributed by atoms with Crippen LogP contribution in [-0.2, 0) is 22.7 Å². The lowest BCUT2D eigenvalue weighted by Crippen LogP contribution is -2.45. The fourth-order valence-corrected chi connectivity index (χ4v) is 2.78. The zero-order valence-electron chi connectivity index (χ0n) is 15.7. The summed E-state index contributed by atoms with van der Waals surface area (Å²) >= 11 is 0. The number of hydrogen-bond acceptors (Lipinski definition) is 4. The van der Waals surface area contributed by atoms with Crippen molar-refractivity contribution >= 4 is 24.5 Å². The van der Waals surface area contributed by atoms with Crippen molar-refractivity contribution in [3.05, 3.63) is 71.8 Å². The summed E-state index contributed by atoms with van der Waals surface area (Å²) in [6.45, 7) is 0.762. The summed E-state index contributed by atoms with van der Waals surface area (Å²) in [6.07, 6.45) is 1.04. The van der Waals surface area contributed by atoms with Crippen molar-refractivity contribution in [2.75, 3.05) is 6.54 Å². The van der Waals surface area contributed by atoms with Gasteiger partial charge in [0.1, 0.15) is 12.6 Å². The molecule has 0 aliphatic rings. The quantitative estimate of drug-likeness (QED) is 0.585.